The molecule has 1 aromatic carbocycles. The predicted octanol–water partition coefficient (Wildman–Crippen LogP) is 4.21. The van der Waals surface area contributed by atoms with E-state index in [1.807, 2.05) is 62.5 Å². The van der Waals surface area contributed by atoms with Crippen LogP contribution < -0.4 is 4.72 Å². The predicted molar refractivity (Wildman–Crippen MR) is 102 cm³/mol. The molecule has 1 N–H and O–H groups in total. The Balaban J connectivity index is 1.83. The molecule has 0 unspecified atom stereocenters. The summed E-state index contributed by atoms with van der Waals surface area (Å²) in [5.74, 6) is 0. The number of nitrogens with one attached hydrogen (secondary N) is 1. The zero-order valence-electron chi connectivity index (χ0n) is 14.4. The lowest BCUT2D eigenvalue weighted by molar-refractivity contribution is 0.580. The number of sulfonamides is 1. The average Bonchev–Trinajstić information content (AvgIpc) is 3.06. The average molecular weight is 373 g/mol. The molecule has 0 radical (unpaired) electrons. The second-order valence-electron chi connectivity index (χ2n) is 6.08. The van der Waals surface area contributed by atoms with Gasteiger partial charge in [-0.1, -0.05) is 23.8 Å². The Morgan fingerprint density at radius 2 is 1.80 bits per heavy atom. The van der Waals surface area contributed by atoms with Crippen molar-refractivity contribution < 1.29 is 8.42 Å². The summed E-state index contributed by atoms with van der Waals surface area (Å²) in [5.41, 5.74) is 4.32. The Bertz CT molecular complexity index is 971. The summed E-state index contributed by atoms with van der Waals surface area (Å²) < 4.78 is 28.2. The first kappa shape index (κ1) is 17.8. The van der Waals surface area contributed by atoms with Crippen LogP contribution in [0.15, 0.2) is 52.9 Å². The van der Waals surface area contributed by atoms with Crippen molar-refractivity contribution in [1.29, 1.82) is 0 Å². The van der Waals surface area contributed by atoms with Gasteiger partial charge in [-0.05, 0) is 61.0 Å². The van der Waals surface area contributed by atoms with E-state index >= 15 is 0 Å². The van der Waals surface area contributed by atoms with Crippen molar-refractivity contribution in [3.05, 3.63) is 70.2 Å². The van der Waals surface area contributed by atoms with Crippen LogP contribution in [0.1, 0.15) is 22.3 Å². The summed E-state index contributed by atoms with van der Waals surface area (Å²) in [7, 11) is -3.57. The molecule has 25 heavy (non-hydrogen) atoms. The molecule has 130 valence electrons. The molecule has 0 fully saturated rings. The zero-order chi connectivity index (χ0) is 18.0. The number of hydrogen-bond donors (Lipinski definition) is 1. The van der Waals surface area contributed by atoms with Crippen molar-refractivity contribution in [2.75, 3.05) is 0 Å². The summed E-state index contributed by atoms with van der Waals surface area (Å²) in [6.07, 6.45) is 1.71. The van der Waals surface area contributed by atoms with Crippen LogP contribution in [0.3, 0.4) is 0 Å². The molecule has 0 aliphatic heterocycles. The molecule has 0 atom stereocenters. The van der Waals surface area contributed by atoms with Gasteiger partial charge in [0.05, 0.1) is 15.5 Å². The SMILES string of the molecule is Cc1cc(C)c(S(=O)(=O)NCc2ccnc(-c3cccs3)c2)c(C)c1. The lowest BCUT2D eigenvalue weighted by Gasteiger charge is -2.13. The van der Waals surface area contributed by atoms with E-state index in [-0.39, 0.29) is 6.54 Å². The van der Waals surface area contributed by atoms with Crippen LogP contribution >= 0.6 is 11.3 Å². The van der Waals surface area contributed by atoms with Gasteiger partial charge in [-0.2, -0.15) is 0 Å². The van der Waals surface area contributed by atoms with Gasteiger partial charge in [0.25, 0.3) is 0 Å². The summed E-state index contributed by atoms with van der Waals surface area (Å²) >= 11 is 1.61. The van der Waals surface area contributed by atoms with Gasteiger partial charge < -0.3 is 0 Å². The van der Waals surface area contributed by atoms with Gasteiger partial charge in [-0.3, -0.25) is 4.98 Å². The Kier molecular flexibility index (Phi) is 5.03. The number of aryl methyl sites for hydroxylation is 3. The molecular formula is C19H20N2O2S2. The lowest BCUT2D eigenvalue weighted by atomic mass is 10.1. The van der Waals surface area contributed by atoms with Gasteiger partial charge in [-0.15, -0.1) is 11.3 Å². The monoisotopic (exact) mass is 372 g/mol. The number of nitrogens with zero attached hydrogens (tertiary/aromatic N) is 1. The van der Waals surface area contributed by atoms with E-state index in [4.69, 9.17) is 0 Å². The fourth-order valence-electron chi connectivity index (χ4n) is 2.98. The van der Waals surface area contributed by atoms with Crippen molar-refractivity contribution in [2.45, 2.75) is 32.2 Å². The van der Waals surface area contributed by atoms with Gasteiger partial charge in [0.15, 0.2) is 0 Å². The van der Waals surface area contributed by atoms with Crippen molar-refractivity contribution in [3.8, 4) is 10.6 Å². The highest BCUT2D eigenvalue weighted by Gasteiger charge is 2.19. The lowest BCUT2D eigenvalue weighted by Crippen LogP contribution is -2.25. The van der Waals surface area contributed by atoms with Crippen LogP contribution in [0.25, 0.3) is 10.6 Å². The minimum Gasteiger partial charge on any atom is -0.255 e. The number of hydrogen-bond acceptors (Lipinski definition) is 4. The van der Waals surface area contributed by atoms with Crippen LogP contribution in [0, 0.1) is 20.8 Å². The molecule has 2 heterocycles. The maximum absolute atomic E-state index is 12.7. The second-order valence-corrected chi connectivity index (χ2v) is 8.73. The smallest absolute Gasteiger partial charge is 0.241 e. The first-order valence-corrected chi connectivity index (χ1v) is 10.3. The Morgan fingerprint density at radius 3 is 2.44 bits per heavy atom. The fraction of sp³-hybridized carbons (Fsp3) is 0.211. The van der Waals surface area contributed by atoms with E-state index in [9.17, 15) is 8.42 Å². The third-order valence-corrected chi connectivity index (χ3v) is 6.54. The van der Waals surface area contributed by atoms with Crippen LogP contribution in [0.5, 0.6) is 0 Å². The molecule has 0 spiro atoms. The van der Waals surface area contributed by atoms with Gasteiger partial charge >= 0.3 is 0 Å². The van der Waals surface area contributed by atoms with E-state index in [0.29, 0.717) is 4.90 Å². The van der Waals surface area contributed by atoms with E-state index in [0.717, 1.165) is 32.8 Å². The van der Waals surface area contributed by atoms with Crippen molar-refractivity contribution >= 4 is 21.4 Å². The molecule has 3 aromatic rings. The first-order chi connectivity index (χ1) is 11.9. The molecule has 4 nitrogen and oxygen atoms in total. The highest BCUT2D eigenvalue weighted by molar-refractivity contribution is 7.89. The third-order valence-electron chi connectivity index (χ3n) is 3.94. The van der Waals surface area contributed by atoms with Gasteiger partial charge in [-0.25, -0.2) is 13.1 Å². The molecule has 0 amide bonds. The van der Waals surface area contributed by atoms with Crippen LogP contribution in [0.2, 0.25) is 0 Å². The molecular weight excluding hydrogens is 352 g/mol. The summed E-state index contributed by atoms with van der Waals surface area (Å²) in [5, 5.41) is 2.00. The highest BCUT2D eigenvalue weighted by atomic mass is 32.2. The van der Waals surface area contributed by atoms with Crippen LogP contribution in [-0.2, 0) is 16.6 Å². The molecule has 0 saturated heterocycles. The standard InChI is InChI=1S/C19H20N2O2S2/c1-13-9-14(2)19(15(3)10-13)25(22,23)21-12-16-6-7-20-17(11-16)18-5-4-8-24-18/h4-11,21H,12H2,1-3H3. The molecule has 0 saturated carbocycles. The molecule has 0 bridgehead atoms. The zero-order valence-corrected chi connectivity index (χ0v) is 16.0. The van der Waals surface area contributed by atoms with Crippen molar-refractivity contribution in [2.24, 2.45) is 0 Å². The molecule has 2 aromatic heterocycles. The van der Waals surface area contributed by atoms with Crippen LogP contribution in [-0.4, -0.2) is 13.4 Å². The number of aromatic nitrogens is 1. The van der Waals surface area contributed by atoms with E-state index in [2.05, 4.69) is 9.71 Å². The number of benzene rings is 1. The van der Waals surface area contributed by atoms with Gasteiger partial charge in [0.1, 0.15) is 0 Å². The van der Waals surface area contributed by atoms with Gasteiger partial charge in [0, 0.05) is 12.7 Å². The number of rotatable bonds is 5. The highest BCUT2D eigenvalue weighted by Crippen LogP contribution is 2.24. The quantitative estimate of drug-likeness (QED) is 0.730. The largest absolute Gasteiger partial charge is 0.255 e. The van der Waals surface area contributed by atoms with E-state index < -0.39 is 10.0 Å². The van der Waals surface area contributed by atoms with Gasteiger partial charge in [0.2, 0.25) is 10.0 Å². The molecule has 0 aliphatic carbocycles. The Morgan fingerprint density at radius 1 is 1.08 bits per heavy atom. The normalized spacial score (nSPS) is 11.6. The van der Waals surface area contributed by atoms with E-state index in [1.165, 1.54) is 0 Å². The third kappa shape index (κ3) is 3.98. The Labute approximate surface area is 152 Å². The Hall–Kier alpha value is -2.02. The van der Waals surface area contributed by atoms with Crippen molar-refractivity contribution in [1.82, 2.24) is 9.71 Å². The minimum atomic E-state index is -3.57. The van der Waals surface area contributed by atoms with Crippen LogP contribution in [0.4, 0.5) is 0 Å². The number of pyridine rings is 1. The van der Waals surface area contributed by atoms with Crippen molar-refractivity contribution in [3.63, 3.8) is 0 Å². The summed E-state index contributed by atoms with van der Waals surface area (Å²) in [6.45, 7) is 5.86. The first-order valence-electron chi connectivity index (χ1n) is 7.93. The fourth-order valence-corrected chi connectivity index (χ4v) is 5.14. The minimum absolute atomic E-state index is 0.232. The number of thiophene rings is 1. The molecule has 6 heteroatoms. The topological polar surface area (TPSA) is 59.1 Å². The summed E-state index contributed by atoms with van der Waals surface area (Å²) in [6, 6.07) is 11.5. The maximum Gasteiger partial charge on any atom is 0.241 e. The molecule has 3 rings (SSSR count). The second kappa shape index (κ2) is 7.07. The maximum atomic E-state index is 12.7. The van der Waals surface area contributed by atoms with E-state index in [1.54, 1.807) is 17.5 Å². The summed E-state index contributed by atoms with van der Waals surface area (Å²) in [4.78, 5) is 5.79. The molecule has 0 aliphatic rings.